The summed E-state index contributed by atoms with van der Waals surface area (Å²) in [6, 6.07) is 0. The number of carbonyl (C=O) groups is 2. The molecule has 1 fully saturated rings. The maximum atomic E-state index is 12.0. The molecular formula is C13H22O4. The third-order valence-corrected chi connectivity index (χ3v) is 3.74. The number of ether oxygens (including phenoxy) is 2. The lowest BCUT2D eigenvalue weighted by molar-refractivity contribution is -0.157. The Balaban J connectivity index is 2.76. The van der Waals surface area contributed by atoms with Gasteiger partial charge in [-0.3, -0.25) is 9.59 Å². The number of carbonyl (C=O) groups excluding carboxylic acids is 2. The minimum atomic E-state index is -0.720. The van der Waals surface area contributed by atoms with E-state index < -0.39 is 5.41 Å². The predicted molar refractivity (Wildman–Crippen MR) is 63.3 cm³/mol. The van der Waals surface area contributed by atoms with Gasteiger partial charge in [-0.25, -0.2) is 0 Å². The number of hydrogen-bond donors (Lipinski definition) is 0. The van der Waals surface area contributed by atoms with Crippen LogP contribution in [0.4, 0.5) is 0 Å². The molecule has 0 saturated heterocycles. The van der Waals surface area contributed by atoms with Gasteiger partial charge in [0.2, 0.25) is 0 Å². The molecule has 2 unspecified atom stereocenters. The molecule has 0 radical (unpaired) electrons. The van der Waals surface area contributed by atoms with Crippen LogP contribution in [0.25, 0.3) is 0 Å². The van der Waals surface area contributed by atoms with Gasteiger partial charge in [0.25, 0.3) is 0 Å². The highest BCUT2D eigenvalue weighted by Gasteiger charge is 2.76. The van der Waals surface area contributed by atoms with Crippen molar-refractivity contribution in [1.82, 2.24) is 0 Å². The van der Waals surface area contributed by atoms with E-state index in [9.17, 15) is 9.59 Å². The van der Waals surface area contributed by atoms with Crippen LogP contribution in [0, 0.1) is 10.8 Å². The van der Waals surface area contributed by atoms with E-state index in [4.69, 9.17) is 9.47 Å². The Bertz CT molecular complexity index is 332. The van der Waals surface area contributed by atoms with Crippen LogP contribution in [0.5, 0.6) is 0 Å². The van der Waals surface area contributed by atoms with E-state index in [0.717, 1.165) is 0 Å². The van der Waals surface area contributed by atoms with Gasteiger partial charge in [-0.2, -0.15) is 0 Å². The highest BCUT2D eigenvalue weighted by atomic mass is 16.6. The molecule has 0 aromatic heterocycles. The lowest BCUT2D eigenvalue weighted by Gasteiger charge is -2.15. The molecule has 4 heteroatoms. The molecule has 4 nitrogen and oxygen atoms in total. The lowest BCUT2D eigenvalue weighted by Crippen LogP contribution is -2.25. The third-order valence-electron chi connectivity index (χ3n) is 3.74. The fourth-order valence-electron chi connectivity index (χ4n) is 2.11. The van der Waals surface area contributed by atoms with Crippen LogP contribution in [0.3, 0.4) is 0 Å². The summed E-state index contributed by atoms with van der Waals surface area (Å²) < 4.78 is 10.5. The topological polar surface area (TPSA) is 52.6 Å². The van der Waals surface area contributed by atoms with Crippen LogP contribution in [0.15, 0.2) is 0 Å². The molecule has 0 spiro atoms. The van der Waals surface area contributed by atoms with E-state index in [1.54, 1.807) is 13.8 Å². The normalized spacial score (nSPS) is 29.9. The Morgan fingerprint density at radius 2 is 1.76 bits per heavy atom. The van der Waals surface area contributed by atoms with Gasteiger partial charge in [-0.15, -0.1) is 0 Å². The maximum absolute atomic E-state index is 12.0. The van der Waals surface area contributed by atoms with Gasteiger partial charge in [-0.1, -0.05) is 20.8 Å². The van der Waals surface area contributed by atoms with Crippen LogP contribution in [-0.4, -0.2) is 24.1 Å². The Morgan fingerprint density at radius 1 is 1.24 bits per heavy atom. The highest BCUT2D eigenvalue weighted by Crippen LogP contribution is 2.65. The molecular weight excluding hydrogens is 220 g/mol. The van der Waals surface area contributed by atoms with Crippen molar-refractivity contribution in [2.75, 3.05) is 0 Å². The molecule has 0 aliphatic heterocycles. The average Bonchev–Trinajstić information content (AvgIpc) is 2.63. The Morgan fingerprint density at radius 3 is 2.18 bits per heavy atom. The summed E-state index contributed by atoms with van der Waals surface area (Å²) in [5.41, 5.74) is -1.08. The molecule has 17 heavy (non-hydrogen) atoms. The predicted octanol–water partition coefficient (Wildman–Crippen LogP) is 2.31. The molecule has 98 valence electrons. The van der Waals surface area contributed by atoms with Crippen LogP contribution in [-0.2, 0) is 19.1 Å². The van der Waals surface area contributed by atoms with Gasteiger partial charge in [0.05, 0.1) is 6.10 Å². The molecule has 0 aromatic carbocycles. The molecule has 1 aliphatic rings. The van der Waals surface area contributed by atoms with Crippen LogP contribution >= 0.6 is 0 Å². The van der Waals surface area contributed by atoms with Crippen LogP contribution in [0.2, 0.25) is 0 Å². The van der Waals surface area contributed by atoms with E-state index >= 15 is 0 Å². The first-order valence-electron chi connectivity index (χ1n) is 6.08. The standard InChI is InChI=1S/C13H22O4/c1-7-9(14)17-10-12(4,5)13(10,6)11(15)16-8(2)3/h8,10H,7H2,1-6H3. The van der Waals surface area contributed by atoms with Gasteiger partial charge < -0.3 is 9.47 Å². The first kappa shape index (κ1) is 14.0. The SMILES string of the molecule is CCC(=O)OC1C(C)(C)C1(C)C(=O)OC(C)C. The van der Waals surface area contributed by atoms with Crippen molar-refractivity contribution in [2.24, 2.45) is 10.8 Å². The molecule has 1 aliphatic carbocycles. The van der Waals surface area contributed by atoms with E-state index in [2.05, 4.69) is 0 Å². The molecule has 1 rings (SSSR count). The first-order valence-corrected chi connectivity index (χ1v) is 6.08. The average molecular weight is 242 g/mol. The zero-order valence-corrected chi connectivity index (χ0v) is 11.5. The largest absolute Gasteiger partial charge is 0.462 e. The molecule has 0 bridgehead atoms. The molecule has 0 N–H and O–H groups in total. The summed E-state index contributed by atoms with van der Waals surface area (Å²) >= 11 is 0. The first-order chi connectivity index (χ1) is 7.67. The van der Waals surface area contributed by atoms with Crippen molar-refractivity contribution in [1.29, 1.82) is 0 Å². The number of rotatable bonds is 4. The van der Waals surface area contributed by atoms with Gasteiger partial charge in [0.1, 0.15) is 11.5 Å². The second-order valence-corrected chi connectivity index (χ2v) is 5.60. The summed E-state index contributed by atoms with van der Waals surface area (Å²) in [6.45, 7) is 11.0. The van der Waals surface area contributed by atoms with Crippen molar-refractivity contribution >= 4 is 11.9 Å². The highest BCUT2D eigenvalue weighted by molar-refractivity contribution is 5.84. The van der Waals surface area contributed by atoms with Crippen molar-refractivity contribution in [3.8, 4) is 0 Å². The van der Waals surface area contributed by atoms with E-state index in [1.807, 2.05) is 27.7 Å². The van der Waals surface area contributed by atoms with E-state index in [0.29, 0.717) is 6.42 Å². The Labute approximate surface area is 103 Å². The summed E-state index contributed by atoms with van der Waals surface area (Å²) in [6.07, 6.45) is -0.214. The number of hydrogen-bond acceptors (Lipinski definition) is 4. The summed E-state index contributed by atoms with van der Waals surface area (Å²) in [4.78, 5) is 23.3. The van der Waals surface area contributed by atoms with E-state index in [-0.39, 0.29) is 29.6 Å². The van der Waals surface area contributed by atoms with Gasteiger partial charge >= 0.3 is 11.9 Å². The van der Waals surface area contributed by atoms with Crippen molar-refractivity contribution in [2.45, 2.75) is 60.2 Å². The lowest BCUT2D eigenvalue weighted by atomic mass is 9.98. The Kier molecular flexibility index (Phi) is 3.55. The van der Waals surface area contributed by atoms with Crippen molar-refractivity contribution < 1.29 is 19.1 Å². The summed E-state index contributed by atoms with van der Waals surface area (Å²) in [5.74, 6) is -0.560. The minimum absolute atomic E-state index is 0.154. The molecule has 2 atom stereocenters. The summed E-state index contributed by atoms with van der Waals surface area (Å²) in [5, 5.41) is 0. The van der Waals surface area contributed by atoms with Crippen LogP contribution < -0.4 is 0 Å². The second-order valence-electron chi connectivity index (χ2n) is 5.60. The van der Waals surface area contributed by atoms with Crippen molar-refractivity contribution in [3.05, 3.63) is 0 Å². The fourth-order valence-corrected chi connectivity index (χ4v) is 2.11. The van der Waals surface area contributed by atoms with Gasteiger partial charge in [-0.05, 0) is 20.8 Å². The third kappa shape index (κ3) is 2.17. The quantitative estimate of drug-likeness (QED) is 0.710. The summed E-state index contributed by atoms with van der Waals surface area (Å²) in [7, 11) is 0. The van der Waals surface area contributed by atoms with Crippen LogP contribution in [0.1, 0.15) is 48.0 Å². The Hall–Kier alpha value is -1.06. The minimum Gasteiger partial charge on any atom is -0.462 e. The van der Waals surface area contributed by atoms with E-state index in [1.165, 1.54) is 0 Å². The maximum Gasteiger partial charge on any atom is 0.316 e. The molecule has 1 saturated carbocycles. The molecule has 0 amide bonds. The number of esters is 2. The van der Waals surface area contributed by atoms with Gasteiger partial charge in [0.15, 0.2) is 0 Å². The zero-order valence-electron chi connectivity index (χ0n) is 11.5. The van der Waals surface area contributed by atoms with Gasteiger partial charge in [0, 0.05) is 11.8 Å². The fraction of sp³-hybridized carbons (Fsp3) is 0.846. The zero-order chi connectivity index (χ0) is 13.4. The molecule has 0 aromatic rings. The molecule has 0 heterocycles. The monoisotopic (exact) mass is 242 g/mol. The second kappa shape index (κ2) is 4.31. The van der Waals surface area contributed by atoms with Crippen molar-refractivity contribution in [3.63, 3.8) is 0 Å². The smallest absolute Gasteiger partial charge is 0.316 e.